The molecule has 2 unspecified atom stereocenters. The zero-order valence-corrected chi connectivity index (χ0v) is 28.5. The molecule has 2 atom stereocenters. The van der Waals surface area contributed by atoms with Crippen molar-refractivity contribution in [2.45, 2.75) is 91.4 Å². The van der Waals surface area contributed by atoms with Crippen molar-refractivity contribution in [1.29, 1.82) is 0 Å². The summed E-state index contributed by atoms with van der Waals surface area (Å²) in [6, 6.07) is 9.41. The Morgan fingerprint density at radius 3 is 2.17 bits per heavy atom. The van der Waals surface area contributed by atoms with Crippen LogP contribution in [0.25, 0.3) is 22.2 Å². The lowest BCUT2D eigenvalue weighted by atomic mass is 9.95. The highest BCUT2D eigenvalue weighted by Crippen LogP contribution is 2.40. The second kappa shape index (κ2) is 13.2. The molecule has 1 aliphatic carbocycles. The number of rotatable bonds is 7. The second-order valence-corrected chi connectivity index (χ2v) is 14.4. The average Bonchev–Trinajstić information content (AvgIpc) is 3.72. The van der Waals surface area contributed by atoms with Crippen LogP contribution in [0.5, 0.6) is 5.88 Å². The van der Waals surface area contributed by atoms with Crippen molar-refractivity contribution in [1.82, 2.24) is 24.6 Å². The first-order valence-corrected chi connectivity index (χ1v) is 17.1. The first-order chi connectivity index (χ1) is 22.4. The summed E-state index contributed by atoms with van der Waals surface area (Å²) in [6.45, 7) is 14.0. The minimum atomic E-state index is -0.537. The number of ether oxygens (including phenoxy) is 3. The smallest absolute Gasteiger partial charge is 0.410 e. The van der Waals surface area contributed by atoms with Crippen LogP contribution >= 0.6 is 0 Å². The molecule has 6 rings (SSSR count). The molecule has 2 saturated heterocycles. The van der Waals surface area contributed by atoms with E-state index in [1.54, 1.807) is 17.9 Å². The fourth-order valence-electron chi connectivity index (χ4n) is 7.14. The van der Waals surface area contributed by atoms with E-state index in [0.717, 1.165) is 42.2 Å². The Hall–Kier alpha value is -4.15. The quantitative estimate of drug-likeness (QED) is 0.267. The van der Waals surface area contributed by atoms with E-state index >= 15 is 0 Å². The van der Waals surface area contributed by atoms with Gasteiger partial charge in [0.05, 0.1) is 24.1 Å². The lowest BCUT2D eigenvalue weighted by Crippen LogP contribution is -2.38. The first-order valence-electron chi connectivity index (χ1n) is 17.1. The molecule has 3 aromatic rings. The number of amides is 2. The molecule has 3 fully saturated rings. The Morgan fingerprint density at radius 1 is 0.936 bits per heavy atom. The van der Waals surface area contributed by atoms with Gasteiger partial charge < -0.3 is 24.0 Å². The van der Waals surface area contributed by atoms with Crippen LogP contribution in [0.15, 0.2) is 30.3 Å². The summed E-state index contributed by atoms with van der Waals surface area (Å²) in [7, 11) is 0. The number of pyridine rings is 1. The highest BCUT2D eigenvalue weighted by atomic mass is 16.6. The van der Waals surface area contributed by atoms with Crippen LogP contribution in [0, 0.1) is 11.8 Å². The maximum absolute atomic E-state index is 13.6. The van der Waals surface area contributed by atoms with E-state index in [1.165, 1.54) is 6.42 Å². The molecular weight excluding hydrogens is 598 g/mol. The van der Waals surface area contributed by atoms with Gasteiger partial charge in [0.1, 0.15) is 5.60 Å². The van der Waals surface area contributed by atoms with Crippen molar-refractivity contribution in [3.8, 4) is 17.0 Å². The summed E-state index contributed by atoms with van der Waals surface area (Å²) < 4.78 is 19.1. The summed E-state index contributed by atoms with van der Waals surface area (Å²) in [6.07, 6.45) is 5.02. The lowest BCUT2D eigenvalue weighted by molar-refractivity contribution is 0.0275. The topological polar surface area (TPSA) is 116 Å². The molecule has 1 saturated carbocycles. The van der Waals surface area contributed by atoms with Crippen molar-refractivity contribution in [3.05, 3.63) is 41.6 Å². The molecular formula is C36H47N5O6. The predicted octanol–water partition coefficient (Wildman–Crippen LogP) is 6.51. The molecule has 1 aromatic carbocycles. The van der Waals surface area contributed by atoms with E-state index in [9.17, 15) is 14.4 Å². The van der Waals surface area contributed by atoms with Gasteiger partial charge in [-0.1, -0.05) is 31.4 Å². The molecule has 47 heavy (non-hydrogen) atoms. The number of carbonyl (C=O) groups is 3. The Morgan fingerprint density at radius 2 is 1.57 bits per heavy atom. The number of benzene rings is 1. The first kappa shape index (κ1) is 32.8. The molecule has 4 heterocycles. The summed E-state index contributed by atoms with van der Waals surface area (Å²) in [5, 5.41) is 5.68. The Labute approximate surface area is 276 Å². The van der Waals surface area contributed by atoms with Gasteiger partial charge in [0.25, 0.3) is 5.91 Å². The molecule has 0 bridgehead atoms. The minimum Gasteiger partial charge on any atom is -0.473 e. The van der Waals surface area contributed by atoms with Gasteiger partial charge >= 0.3 is 12.1 Å². The van der Waals surface area contributed by atoms with Crippen molar-refractivity contribution < 1.29 is 28.6 Å². The summed E-state index contributed by atoms with van der Waals surface area (Å²) in [5.74, 6) is 0.433. The van der Waals surface area contributed by atoms with E-state index in [1.807, 2.05) is 68.5 Å². The van der Waals surface area contributed by atoms with Gasteiger partial charge in [0.2, 0.25) is 5.88 Å². The second-order valence-electron chi connectivity index (χ2n) is 14.4. The number of nitrogens with zero attached hydrogens (tertiary/aromatic N) is 5. The normalized spacial score (nSPS) is 20.1. The van der Waals surface area contributed by atoms with Gasteiger partial charge in [-0.05, 0) is 78.1 Å². The molecule has 11 heteroatoms. The zero-order valence-electron chi connectivity index (χ0n) is 28.5. The van der Waals surface area contributed by atoms with E-state index in [-0.39, 0.29) is 48.3 Å². The Kier molecular flexibility index (Phi) is 9.18. The molecule has 0 spiro atoms. The van der Waals surface area contributed by atoms with Gasteiger partial charge in [-0.3, -0.25) is 4.79 Å². The Bertz CT molecular complexity index is 1620. The SMILES string of the molecule is CCOC(=O)c1cc(-c2ccc(C(=O)N3CC4CN(C(=O)OC(C)(C)C)CC4C3)cc2)c2c(OC(C)C)nn(C3CCCCC3)c2n1. The standard InChI is InChI=1S/C36H47N5O6/c1-7-45-34(43)29-17-28(30-31(37-29)41(27-11-9-8-10-12-27)38-32(30)46-22(2)3)23-13-15-24(16-14-23)33(42)39-18-25-20-40(21-26(25)19-39)35(44)47-36(4,5)6/h13-17,22,25-27H,7-12,18-21H2,1-6H3. The summed E-state index contributed by atoms with van der Waals surface area (Å²) >= 11 is 0. The number of esters is 1. The maximum atomic E-state index is 13.6. The fraction of sp³-hybridized carbons (Fsp3) is 0.583. The fourth-order valence-corrected chi connectivity index (χ4v) is 7.14. The number of fused-ring (bicyclic) bond motifs is 2. The molecule has 252 valence electrons. The van der Waals surface area contributed by atoms with E-state index < -0.39 is 11.6 Å². The molecule has 2 aliphatic heterocycles. The third kappa shape index (κ3) is 6.94. The van der Waals surface area contributed by atoms with E-state index in [2.05, 4.69) is 0 Å². The molecule has 3 aliphatic rings. The largest absolute Gasteiger partial charge is 0.473 e. The van der Waals surface area contributed by atoms with Crippen LogP contribution in [-0.4, -0.2) is 87.0 Å². The Balaban J connectivity index is 1.27. The van der Waals surface area contributed by atoms with Gasteiger partial charge in [-0.2, -0.15) is 0 Å². The molecule has 0 N–H and O–H groups in total. The van der Waals surface area contributed by atoms with Crippen LogP contribution in [0.4, 0.5) is 4.79 Å². The molecule has 2 aromatic heterocycles. The summed E-state index contributed by atoms with van der Waals surface area (Å²) in [5.41, 5.74) is 2.45. The lowest BCUT2D eigenvalue weighted by Gasteiger charge is -2.26. The van der Waals surface area contributed by atoms with Gasteiger partial charge in [-0.25, -0.2) is 19.3 Å². The summed E-state index contributed by atoms with van der Waals surface area (Å²) in [4.78, 5) is 47.7. The third-order valence-corrected chi connectivity index (χ3v) is 9.25. The highest BCUT2D eigenvalue weighted by molar-refractivity contribution is 6.02. The predicted molar refractivity (Wildman–Crippen MR) is 177 cm³/mol. The number of likely N-dealkylation sites (tertiary alicyclic amines) is 2. The number of hydrogen-bond acceptors (Lipinski definition) is 8. The number of aromatic nitrogens is 3. The van der Waals surface area contributed by atoms with Gasteiger partial charge in [0.15, 0.2) is 11.3 Å². The van der Waals surface area contributed by atoms with Crippen LogP contribution < -0.4 is 4.74 Å². The maximum Gasteiger partial charge on any atom is 0.410 e. The average molecular weight is 646 g/mol. The van der Waals surface area contributed by atoms with E-state index in [4.69, 9.17) is 24.3 Å². The number of carbonyl (C=O) groups excluding carboxylic acids is 3. The van der Waals surface area contributed by atoms with Crippen molar-refractivity contribution in [3.63, 3.8) is 0 Å². The number of hydrogen-bond donors (Lipinski definition) is 0. The van der Waals surface area contributed by atoms with Gasteiger partial charge in [-0.15, -0.1) is 5.10 Å². The van der Waals surface area contributed by atoms with Crippen molar-refractivity contribution in [2.24, 2.45) is 11.8 Å². The molecule has 2 amide bonds. The van der Waals surface area contributed by atoms with Crippen LogP contribution in [-0.2, 0) is 9.47 Å². The van der Waals surface area contributed by atoms with Crippen LogP contribution in [0.3, 0.4) is 0 Å². The monoisotopic (exact) mass is 645 g/mol. The molecule has 11 nitrogen and oxygen atoms in total. The minimum absolute atomic E-state index is 0.0317. The van der Waals surface area contributed by atoms with Crippen LogP contribution in [0.1, 0.15) is 101 Å². The zero-order chi connectivity index (χ0) is 33.5. The van der Waals surface area contributed by atoms with Gasteiger partial charge in [0, 0.05) is 49.1 Å². The third-order valence-electron chi connectivity index (χ3n) is 9.25. The highest BCUT2D eigenvalue weighted by Gasteiger charge is 2.44. The van der Waals surface area contributed by atoms with E-state index in [0.29, 0.717) is 43.3 Å². The van der Waals surface area contributed by atoms with Crippen LogP contribution in [0.2, 0.25) is 0 Å². The molecule has 0 radical (unpaired) electrons. The van der Waals surface area contributed by atoms with Crippen molar-refractivity contribution in [2.75, 3.05) is 32.8 Å². The van der Waals surface area contributed by atoms with Crippen molar-refractivity contribution >= 4 is 29.0 Å².